The third-order valence-electron chi connectivity index (χ3n) is 7.04. The summed E-state index contributed by atoms with van der Waals surface area (Å²) in [5.41, 5.74) is 2.71. The van der Waals surface area contributed by atoms with Crippen molar-refractivity contribution < 1.29 is 13.9 Å². The molecule has 0 saturated carbocycles. The number of Topliss-reactive ketones (excluding diaryl/α,β-unsaturated/α-hetero) is 1. The second kappa shape index (κ2) is 13.3. The highest BCUT2D eigenvalue weighted by Crippen LogP contribution is 2.41. The molecule has 9 heteroatoms. The van der Waals surface area contributed by atoms with Gasteiger partial charge in [-0.15, -0.1) is 11.8 Å². The van der Waals surface area contributed by atoms with Gasteiger partial charge < -0.3 is 19.9 Å². The number of piperazine rings is 1. The Balaban J connectivity index is 1.12. The highest BCUT2D eigenvalue weighted by molar-refractivity contribution is 7.99. The Bertz CT molecular complexity index is 1270. The van der Waals surface area contributed by atoms with E-state index in [1.165, 1.54) is 6.07 Å². The summed E-state index contributed by atoms with van der Waals surface area (Å²) >= 11 is 7.53. The molecule has 1 N–H and O–H groups in total. The van der Waals surface area contributed by atoms with Gasteiger partial charge in [0.25, 0.3) is 0 Å². The molecule has 1 atom stereocenters. The Hall–Kier alpha value is -3.14. The highest BCUT2D eigenvalue weighted by Gasteiger charge is 2.31. The topological polar surface area (TPSA) is 48.1 Å². The zero-order valence-electron chi connectivity index (χ0n) is 21.8. The first-order valence-electron chi connectivity index (χ1n) is 13.3. The predicted octanol–water partition coefficient (Wildman–Crippen LogP) is 4.83. The lowest BCUT2D eigenvalue weighted by Gasteiger charge is -2.36. The third-order valence-corrected chi connectivity index (χ3v) is 8.66. The fourth-order valence-corrected chi connectivity index (χ4v) is 6.55. The van der Waals surface area contributed by atoms with Crippen LogP contribution in [0.4, 0.5) is 10.1 Å². The molecule has 5 rings (SSSR count). The Labute approximate surface area is 239 Å². The van der Waals surface area contributed by atoms with Crippen LogP contribution in [0, 0.1) is 5.82 Å². The van der Waals surface area contributed by atoms with Crippen LogP contribution in [0.1, 0.15) is 21.3 Å². The molecule has 2 aliphatic heterocycles. The standard InChI is InChI=1S/C30H33FN4O2S2/c31-24-9-6-10-25(21-24)34-15-13-33(14-16-34)17-19-37-28-12-5-4-11-26(28)29-35(18-20-39-29)30(38)32-22-27(36)23-7-2-1-3-8-23/h1-12,21,29H,13-20,22H2,(H,32,38). The van der Waals surface area contributed by atoms with Crippen LogP contribution in [0.25, 0.3) is 0 Å². The van der Waals surface area contributed by atoms with Gasteiger partial charge in [0, 0.05) is 61.8 Å². The smallest absolute Gasteiger partial charge is 0.181 e. The SMILES string of the molecule is O=C(CNC(=S)N1CCSC1c1ccccc1OCCN1CCN(c2cccc(F)c2)CC1)c1ccccc1. The van der Waals surface area contributed by atoms with Crippen molar-refractivity contribution in [1.29, 1.82) is 0 Å². The molecule has 6 nitrogen and oxygen atoms in total. The number of hydrogen-bond donors (Lipinski definition) is 1. The number of ether oxygens (including phenoxy) is 1. The molecular formula is C30H33FN4O2S2. The van der Waals surface area contributed by atoms with Gasteiger partial charge in [0.2, 0.25) is 0 Å². The number of benzene rings is 3. The molecule has 0 radical (unpaired) electrons. The molecule has 2 heterocycles. The number of rotatable bonds is 9. The first-order valence-corrected chi connectivity index (χ1v) is 14.7. The second-order valence-electron chi connectivity index (χ2n) is 9.56. The van der Waals surface area contributed by atoms with Crippen molar-refractivity contribution in [2.24, 2.45) is 0 Å². The molecule has 0 spiro atoms. The van der Waals surface area contributed by atoms with Crippen LogP contribution in [0.2, 0.25) is 0 Å². The molecule has 0 aliphatic carbocycles. The van der Waals surface area contributed by atoms with Gasteiger partial charge in [-0.1, -0.05) is 54.6 Å². The van der Waals surface area contributed by atoms with Gasteiger partial charge in [-0.25, -0.2) is 4.39 Å². The van der Waals surface area contributed by atoms with Crippen LogP contribution < -0.4 is 15.0 Å². The molecule has 2 fully saturated rings. The van der Waals surface area contributed by atoms with Crippen LogP contribution >= 0.6 is 24.0 Å². The Morgan fingerprint density at radius 2 is 1.74 bits per heavy atom. The van der Waals surface area contributed by atoms with Gasteiger partial charge in [-0.05, 0) is 36.5 Å². The van der Waals surface area contributed by atoms with Crippen molar-refractivity contribution in [2.45, 2.75) is 5.37 Å². The molecule has 2 aliphatic rings. The number of carbonyl (C=O) groups is 1. The summed E-state index contributed by atoms with van der Waals surface area (Å²) in [4.78, 5) is 19.3. The van der Waals surface area contributed by atoms with E-state index in [0.29, 0.717) is 17.3 Å². The molecule has 3 aromatic carbocycles. The number of halogens is 1. The average molecular weight is 565 g/mol. The number of nitrogens with zero attached hydrogens (tertiary/aromatic N) is 3. The summed E-state index contributed by atoms with van der Waals surface area (Å²) in [7, 11) is 0. The minimum Gasteiger partial charge on any atom is -0.492 e. The average Bonchev–Trinajstić information content (AvgIpc) is 3.47. The summed E-state index contributed by atoms with van der Waals surface area (Å²) in [5, 5.41) is 3.78. The Morgan fingerprint density at radius 1 is 0.974 bits per heavy atom. The molecule has 1 unspecified atom stereocenters. The van der Waals surface area contributed by atoms with E-state index in [-0.39, 0.29) is 23.5 Å². The fourth-order valence-electron chi connectivity index (χ4n) is 4.92. The Kier molecular flexibility index (Phi) is 9.34. The lowest BCUT2D eigenvalue weighted by atomic mass is 10.1. The molecule has 0 bridgehead atoms. The van der Waals surface area contributed by atoms with Gasteiger partial charge in [0.05, 0.1) is 6.54 Å². The highest BCUT2D eigenvalue weighted by atomic mass is 32.2. The molecule has 2 saturated heterocycles. The van der Waals surface area contributed by atoms with E-state index in [1.807, 2.05) is 66.4 Å². The van der Waals surface area contributed by atoms with E-state index in [9.17, 15) is 9.18 Å². The number of ketones is 1. The molecule has 0 amide bonds. The van der Waals surface area contributed by atoms with Crippen LogP contribution in [0.15, 0.2) is 78.9 Å². The van der Waals surface area contributed by atoms with Gasteiger partial charge in [0.15, 0.2) is 10.9 Å². The maximum absolute atomic E-state index is 13.6. The normalized spacial score (nSPS) is 17.7. The van der Waals surface area contributed by atoms with Crippen molar-refractivity contribution in [1.82, 2.24) is 15.1 Å². The lowest BCUT2D eigenvalue weighted by Crippen LogP contribution is -2.47. The summed E-state index contributed by atoms with van der Waals surface area (Å²) in [6.45, 7) is 5.95. The largest absolute Gasteiger partial charge is 0.492 e. The molecule has 39 heavy (non-hydrogen) atoms. The fraction of sp³-hybridized carbons (Fsp3) is 0.333. The van der Waals surface area contributed by atoms with E-state index in [0.717, 1.165) is 62.0 Å². The van der Waals surface area contributed by atoms with Crippen molar-refractivity contribution in [2.75, 3.05) is 63.1 Å². The maximum atomic E-state index is 13.6. The second-order valence-corrected chi connectivity index (χ2v) is 11.1. The van der Waals surface area contributed by atoms with Crippen molar-refractivity contribution in [3.05, 3.63) is 95.8 Å². The summed E-state index contributed by atoms with van der Waals surface area (Å²) < 4.78 is 19.9. The van der Waals surface area contributed by atoms with E-state index in [1.54, 1.807) is 12.1 Å². The summed E-state index contributed by atoms with van der Waals surface area (Å²) in [5.74, 6) is 1.63. The number of thioether (sulfide) groups is 1. The third kappa shape index (κ3) is 7.09. The monoisotopic (exact) mass is 564 g/mol. The van der Waals surface area contributed by atoms with Crippen LogP contribution in [0.5, 0.6) is 5.75 Å². The first kappa shape index (κ1) is 27.4. The van der Waals surface area contributed by atoms with Crippen LogP contribution in [-0.2, 0) is 0 Å². The van der Waals surface area contributed by atoms with Crippen LogP contribution in [0.3, 0.4) is 0 Å². The van der Waals surface area contributed by atoms with Gasteiger partial charge in [0.1, 0.15) is 23.5 Å². The maximum Gasteiger partial charge on any atom is 0.181 e. The molecular weight excluding hydrogens is 531 g/mol. The van der Waals surface area contributed by atoms with Crippen molar-refractivity contribution >= 4 is 40.6 Å². The number of carbonyl (C=O) groups excluding carboxylic acids is 1. The molecule has 204 valence electrons. The van der Waals surface area contributed by atoms with Gasteiger partial charge in [-0.3, -0.25) is 9.69 Å². The van der Waals surface area contributed by atoms with Crippen molar-refractivity contribution in [3.8, 4) is 5.75 Å². The zero-order valence-corrected chi connectivity index (χ0v) is 23.4. The number of para-hydroxylation sites is 1. The molecule has 3 aromatic rings. The van der Waals surface area contributed by atoms with E-state index >= 15 is 0 Å². The minimum atomic E-state index is -0.196. The lowest BCUT2D eigenvalue weighted by molar-refractivity contribution is 0.0995. The summed E-state index contributed by atoms with van der Waals surface area (Å²) in [6, 6.07) is 24.2. The summed E-state index contributed by atoms with van der Waals surface area (Å²) in [6.07, 6.45) is 0. The van der Waals surface area contributed by atoms with Crippen LogP contribution in [-0.4, -0.2) is 78.9 Å². The quantitative estimate of drug-likeness (QED) is 0.293. The predicted molar refractivity (Wildman–Crippen MR) is 160 cm³/mol. The number of nitrogens with one attached hydrogen (secondary N) is 1. The number of hydrogen-bond acceptors (Lipinski definition) is 6. The molecule has 0 aromatic heterocycles. The number of thiocarbonyl (C=S) groups is 1. The van der Waals surface area contributed by atoms with Gasteiger partial charge in [-0.2, -0.15) is 0 Å². The Morgan fingerprint density at radius 3 is 2.54 bits per heavy atom. The minimum absolute atomic E-state index is 0.0156. The van der Waals surface area contributed by atoms with Crippen molar-refractivity contribution in [3.63, 3.8) is 0 Å². The van der Waals surface area contributed by atoms with Gasteiger partial charge >= 0.3 is 0 Å². The van der Waals surface area contributed by atoms with E-state index in [2.05, 4.69) is 26.1 Å². The number of anilines is 1. The van der Waals surface area contributed by atoms with E-state index < -0.39 is 0 Å². The first-order chi connectivity index (χ1) is 19.1. The van der Waals surface area contributed by atoms with E-state index in [4.69, 9.17) is 17.0 Å². The zero-order chi connectivity index (χ0) is 27.0.